The molecule has 0 bridgehead atoms. The van der Waals surface area contributed by atoms with Gasteiger partial charge in [-0.1, -0.05) is 24.6 Å². The fourth-order valence-electron chi connectivity index (χ4n) is 3.33. The molecule has 0 spiro atoms. The lowest BCUT2D eigenvalue weighted by atomic mass is 10.0. The lowest BCUT2D eigenvalue weighted by Gasteiger charge is -2.18. The summed E-state index contributed by atoms with van der Waals surface area (Å²) in [5, 5.41) is 10.6. The van der Waals surface area contributed by atoms with Gasteiger partial charge in [-0.2, -0.15) is 0 Å². The Balaban J connectivity index is 1.52. The molecule has 0 amide bonds. The van der Waals surface area contributed by atoms with Gasteiger partial charge in [0.2, 0.25) is 0 Å². The minimum atomic E-state index is -0.502. The molecule has 0 aliphatic rings. The maximum absolute atomic E-state index is 12.2. The van der Waals surface area contributed by atoms with E-state index >= 15 is 0 Å². The summed E-state index contributed by atoms with van der Waals surface area (Å²) < 4.78 is 5.43. The fraction of sp³-hybridized carbons (Fsp3) is 0.375. The number of phenols is 1. The molecule has 0 unspecified atom stereocenters. The standard InChI is InChI=1S/C24H29NO3/c1-24(2,3)28-23(27)22-16-19-14-18(12-13-21(19)25-22)9-6-4-5-8-17-10-7-11-20(26)15-17/h7,10-16,25-26H,4-6,8-9H2,1-3H3. The smallest absolute Gasteiger partial charge is 0.355 e. The predicted octanol–water partition coefficient (Wildman–Crippen LogP) is 5.78. The zero-order chi connectivity index (χ0) is 20.1. The van der Waals surface area contributed by atoms with E-state index in [1.165, 1.54) is 11.1 Å². The van der Waals surface area contributed by atoms with Crippen molar-refractivity contribution >= 4 is 16.9 Å². The Morgan fingerprint density at radius 1 is 0.964 bits per heavy atom. The monoisotopic (exact) mass is 379 g/mol. The topological polar surface area (TPSA) is 62.3 Å². The van der Waals surface area contributed by atoms with E-state index in [2.05, 4.69) is 23.2 Å². The quantitative estimate of drug-likeness (QED) is 0.404. The first-order chi connectivity index (χ1) is 13.3. The highest BCUT2D eigenvalue weighted by Gasteiger charge is 2.19. The molecular formula is C24H29NO3. The Bertz CT molecular complexity index is 950. The molecule has 0 saturated carbocycles. The van der Waals surface area contributed by atoms with E-state index in [1.807, 2.05) is 45.0 Å². The van der Waals surface area contributed by atoms with E-state index in [0.717, 1.165) is 43.0 Å². The minimum absolute atomic E-state index is 0.322. The molecule has 0 radical (unpaired) electrons. The van der Waals surface area contributed by atoms with Gasteiger partial charge in [0.15, 0.2) is 0 Å². The third kappa shape index (κ3) is 5.62. The maximum Gasteiger partial charge on any atom is 0.355 e. The number of nitrogens with one attached hydrogen (secondary N) is 1. The van der Waals surface area contributed by atoms with Crippen LogP contribution in [0.2, 0.25) is 0 Å². The number of aromatic hydroxyl groups is 1. The second-order valence-corrected chi connectivity index (χ2v) is 8.34. The van der Waals surface area contributed by atoms with Crippen LogP contribution in [0.25, 0.3) is 10.9 Å². The number of aromatic amines is 1. The summed E-state index contributed by atoms with van der Waals surface area (Å²) in [6, 6.07) is 15.7. The van der Waals surface area contributed by atoms with Crippen LogP contribution in [0.4, 0.5) is 0 Å². The first kappa shape index (κ1) is 20.0. The molecule has 2 N–H and O–H groups in total. The van der Waals surface area contributed by atoms with Gasteiger partial charge in [-0.05, 0) is 87.9 Å². The van der Waals surface area contributed by atoms with Gasteiger partial charge in [0, 0.05) is 10.9 Å². The highest BCUT2D eigenvalue weighted by molar-refractivity contribution is 5.95. The van der Waals surface area contributed by atoms with Crippen LogP contribution in [-0.2, 0) is 17.6 Å². The van der Waals surface area contributed by atoms with Gasteiger partial charge in [-0.3, -0.25) is 0 Å². The molecule has 0 aliphatic heterocycles. The van der Waals surface area contributed by atoms with Crippen LogP contribution in [0.1, 0.15) is 61.6 Å². The van der Waals surface area contributed by atoms with Crippen LogP contribution in [0.3, 0.4) is 0 Å². The second kappa shape index (κ2) is 8.51. The molecule has 28 heavy (non-hydrogen) atoms. The molecule has 148 valence electrons. The molecule has 1 heterocycles. The van der Waals surface area contributed by atoms with Crippen LogP contribution in [0.5, 0.6) is 5.75 Å². The number of phenolic OH excluding ortho intramolecular Hbond substituents is 1. The maximum atomic E-state index is 12.2. The summed E-state index contributed by atoms with van der Waals surface area (Å²) in [5.74, 6) is 0.0141. The number of aromatic nitrogens is 1. The molecular weight excluding hydrogens is 350 g/mol. The Kier molecular flexibility index (Phi) is 6.08. The zero-order valence-electron chi connectivity index (χ0n) is 16.9. The number of carbonyl (C=O) groups excluding carboxylic acids is 1. The molecule has 2 aromatic carbocycles. The number of benzene rings is 2. The van der Waals surface area contributed by atoms with Gasteiger partial charge in [-0.25, -0.2) is 4.79 Å². The Morgan fingerprint density at radius 2 is 1.68 bits per heavy atom. The van der Waals surface area contributed by atoms with Gasteiger partial charge in [0.25, 0.3) is 0 Å². The summed E-state index contributed by atoms with van der Waals surface area (Å²) in [6.45, 7) is 5.60. The van der Waals surface area contributed by atoms with E-state index in [-0.39, 0.29) is 5.97 Å². The number of fused-ring (bicyclic) bond motifs is 1. The SMILES string of the molecule is CC(C)(C)OC(=O)c1cc2cc(CCCCCc3cccc(O)c3)ccc2[nH]1. The van der Waals surface area contributed by atoms with Crippen molar-refractivity contribution in [3.05, 3.63) is 65.4 Å². The number of hydrogen-bond donors (Lipinski definition) is 2. The molecule has 1 aromatic heterocycles. The number of unbranched alkanes of at least 4 members (excludes halogenated alkanes) is 2. The van der Waals surface area contributed by atoms with Crippen molar-refractivity contribution in [2.24, 2.45) is 0 Å². The van der Waals surface area contributed by atoms with Gasteiger partial charge < -0.3 is 14.8 Å². The number of ether oxygens (including phenoxy) is 1. The summed E-state index contributed by atoms with van der Waals surface area (Å²) in [6.07, 6.45) is 5.38. The number of rotatable bonds is 7. The largest absolute Gasteiger partial charge is 0.508 e. The summed E-state index contributed by atoms with van der Waals surface area (Å²) in [4.78, 5) is 15.4. The molecule has 4 nitrogen and oxygen atoms in total. The van der Waals surface area contributed by atoms with Crippen molar-refractivity contribution < 1.29 is 14.6 Å². The summed E-state index contributed by atoms with van der Waals surface area (Å²) >= 11 is 0. The van der Waals surface area contributed by atoms with Crippen LogP contribution >= 0.6 is 0 Å². The Labute approximate surface area is 166 Å². The van der Waals surface area contributed by atoms with Crippen molar-refractivity contribution in [1.82, 2.24) is 4.98 Å². The van der Waals surface area contributed by atoms with Gasteiger partial charge in [0.05, 0.1) is 0 Å². The number of esters is 1. The minimum Gasteiger partial charge on any atom is -0.508 e. The van der Waals surface area contributed by atoms with E-state index in [0.29, 0.717) is 11.4 Å². The van der Waals surface area contributed by atoms with Crippen molar-refractivity contribution in [1.29, 1.82) is 0 Å². The van der Waals surface area contributed by atoms with E-state index in [4.69, 9.17) is 4.74 Å². The van der Waals surface area contributed by atoms with Crippen molar-refractivity contribution in [3.63, 3.8) is 0 Å². The molecule has 0 saturated heterocycles. The lowest BCUT2D eigenvalue weighted by molar-refractivity contribution is 0.00639. The van der Waals surface area contributed by atoms with Crippen LogP contribution in [0, 0.1) is 0 Å². The van der Waals surface area contributed by atoms with Crippen molar-refractivity contribution in [3.8, 4) is 5.75 Å². The Morgan fingerprint density at radius 3 is 2.36 bits per heavy atom. The fourth-order valence-corrected chi connectivity index (χ4v) is 3.33. The van der Waals surface area contributed by atoms with Gasteiger partial charge in [-0.15, -0.1) is 0 Å². The van der Waals surface area contributed by atoms with Crippen molar-refractivity contribution in [2.75, 3.05) is 0 Å². The molecule has 4 heteroatoms. The summed E-state index contributed by atoms with van der Waals surface area (Å²) in [5.41, 5.74) is 3.41. The van der Waals surface area contributed by atoms with E-state index in [9.17, 15) is 9.90 Å². The third-order valence-electron chi connectivity index (χ3n) is 4.65. The second-order valence-electron chi connectivity index (χ2n) is 8.34. The predicted molar refractivity (Wildman–Crippen MR) is 113 cm³/mol. The molecule has 0 fully saturated rings. The number of carbonyl (C=O) groups is 1. The first-order valence-corrected chi connectivity index (χ1v) is 9.93. The van der Waals surface area contributed by atoms with E-state index in [1.54, 1.807) is 6.07 Å². The zero-order valence-corrected chi connectivity index (χ0v) is 16.9. The lowest BCUT2D eigenvalue weighted by Crippen LogP contribution is -2.24. The molecule has 3 rings (SSSR count). The molecule has 0 aliphatic carbocycles. The average Bonchev–Trinajstić information content (AvgIpc) is 3.04. The van der Waals surface area contributed by atoms with Crippen LogP contribution in [0.15, 0.2) is 48.5 Å². The Hall–Kier alpha value is -2.75. The van der Waals surface area contributed by atoms with Crippen LogP contribution in [-0.4, -0.2) is 21.7 Å². The summed E-state index contributed by atoms with van der Waals surface area (Å²) in [7, 11) is 0. The first-order valence-electron chi connectivity index (χ1n) is 9.93. The van der Waals surface area contributed by atoms with Crippen LogP contribution < -0.4 is 0 Å². The number of aryl methyl sites for hydroxylation is 2. The van der Waals surface area contributed by atoms with Gasteiger partial charge in [0.1, 0.15) is 17.0 Å². The van der Waals surface area contributed by atoms with Gasteiger partial charge >= 0.3 is 5.97 Å². The number of H-pyrrole nitrogens is 1. The number of hydrogen-bond acceptors (Lipinski definition) is 3. The van der Waals surface area contributed by atoms with Crippen molar-refractivity contribution in [2.45, 2.75) is 58.5 Å². The molecule has 0 atom stereocenters. The third-order valence-corrected chi connectivity index (χ3v) is 4.65. The average molecular weight is 379 g/mol. The van der Waals surface area contributed by atoms with E-state index < -0.39 is 5.60 Å². The highest BCUT2D eigenvalue weighted by atomic mass is 16.6. The highest BCUT2D eigenvalue weighted by Crippen LogP contribution is 2.21. The normalized spacial score (nSPS) is 11.7. The molecule has 3 aromatic rings.